The molecule has 0 spiro atoms. The summed E-state index contributed by atoms with van der Waals surface area (Å²) in [5.74, 6) is -0.115. The van der Waals surface area contributed by atoms with Gasteiger partial charge in [-0.05, 0) is 43.2 Å². The number of anilines is 1. The molecule has 3 aromatic rings. The van der Waals surface area contributed by atoms with Gasteiger partial charge in [0.1, 0.15) is 0 Å². The molecule has 0 saturated heterocycles. The summed E-state index contributed by atoms with van der Waals surface area (Å²) in [6.45, 7) is 3.99. The molecule has 0 aliphatic carbocycles. The van der Waals surface area contributed by atoms with Gasteiger partial charge >= 0.3 is 0 Å². The van der Waals surface area contributed by atoms with Crippen molar-refractivity contribution in [3.63, 3.8) is 0 Å². The number of carbonyl (C=O) groups excluding carboxylic acids is 1. The number of nitrogens with one attached hydrogen (secondary N) is 1. The molecule has 1 aromatic heterocycles. The smallest absolute Gasteiger partial charge is 0.255 e. The second-order valence-corrected chi connectivity index (χ2v) is 5.35. The van der Waals surface area contributed by atoms with Crippen molar-refractivity contribution in [3.8, 4) is 0 Å². The van der Waals surface area contributed by atoms with Crippen LogP contribution in [0.15, 0.2) is 42.6 Å². The van der Waals surface area contributed by atoms with E-state index < -0.39 is 0 Å². The molecule has 3 rings (SSSR count). The summed E-state index contributed by atoms with van der Waals surface area (Å²) in [6, 6.07) is 11.6. The number of rotatable bonds is 2. The Bertz CT molecular complexity index is 833. The third-order valence-electron chi connectivity index (χ3n) is 3.53. The summed E-state index contributed by atoms with van der Waals surface area (Å²) in [5.41, 5.74) is 4.46. The molecule has 0 aliphatic rings. The van der Waals surface area contributed by atoms with E-state index in [4.69, 9.17) is 0 Å². The molecule has 1 heterocycles. The highest BCUT2D eigenvalue weighted by atomic mass is 16.1. The maximum absolute atomic E-state index is 12.4. The van der Waals surface area contributed by atoms with Crippen LogP contribution in [0.2, 0.25) is 0 Å². The first-order chi connectivity index (χ1) is 10.0. The standard InChI is InChI=1S/C17H17N3O/c1-11-4-5-12(2)15(8-11)18-17(21)13-6-7-14-10-20(3)19-16(14)9-13/h4-10H,1-3H3,(H,18,21). The van der Waals surface area contributed by atoms with Crippen LogP contribution in [0.25, 0.3) is 10.9 Å². The zero-order chi connectivity index (χ0) is 15.0. The zero-order valence-corrected chi connectivity index (χ0v) is 12.3. The SMILES string of the molecule is Cc1ccc(C)c(NC(=O)c2ccc3cn(C)nc3c2)c1. The average molecular weight is 279 g/mol. The quantitative estimate of drug-likeness (QED) is 0.781. The third-order valence-corrected chi connectivity index (χ3v) is 3.53. The van der Waals surface area contributed by atoms with E-state index in [1.54, 1.807) is 4.68 Å². The van der Waals surface area contributed by atoms with Gasteiger partial charge in [-0.2, -0.15) is 5.10 Å². The van der Waals surface area contributed by atoms with E-state index in [0.29, 0.717) is 5.56 Å². The number of nitrogens with zero attached hydrogens (tertiary/aromatic N) is 2. The lowest BCUT2D eigenvalue weighted by atomic mass is 10.1. The predicted octanol–water partition coefficient (Wildman–Crippen LogP) is 3.44. The molecule has 21 heavy (non-hydrogen) atoms. The minimum atomic E-state index is -0.115. The first-order valence-corrected chi connectivity index (χ1v) is 6.85. The molecule has 4 nitrogen and oxygen atoms in total. The number of carbonyl (C=O) groups is 1. The number of benzene rings is 2. The molecule has 1 N–H and O–H groups in total. The number of hydrogen-bond acceptors (Lipinski definition) is 2. The Hall–Kier alpha value is -2.62. The summed E-state index contributed by atoms with van der Waals surface area (Å²) >= 11 is 0. The van der Waals surface area contributed by atoms with Crippen molar-refractivity contribution in [1.82, 2.24) is 9.78 Å². The van der Waals surface area contributed by atoms with Crippen molar-refractivity contribution in [2.45, 2.75) is 13.8 Å². The molecule has 4 heteroatoms. The second-order valence-electron chi connectivity index (χ2n) is 5.35. The summed E-state index contributed by atoms with van der Waals surface area (Å²) in [4.78, 5) is 12.4. The lowest BCUT2D eigenvalue weighted by Gasteiger charge is -2.09. The number of fused-ring (bicyclic) bond motifs is 1. The Kier molecular flexibility index (Phi) is 3.22. The number of hydrogen-bond donors (Lipinski definition) is 1. The van der Waals surface area contributed by atoms with Gasteiger partial charge in [-0.15, -0.1) is 0 Å². The van der Waals surface area contributed by atoms with E-state index in [1.165, 1.54) is 0 Å². The van der Waals surface area contributed by atoms with Gasteiger partial charge in [0.2, 0.25) is 0 Å². The third kappa shape index (κ3) is 2.65. The molecule has 2 aromatic carbocycles. The van der Waals surface area contributed by atoms with Crippen LogP contribution in [-0.4, -0.2) is 15.7 Å². The largest absolute Gasteiger partial charge is 0.322 e. The van der Waals surface area contributed by atoms with Gasteiger partial charge in [0.25, 0.3) is 5.91 Å². The Morgan fingerprint density at radius 1 is 1.14 bits per heavy atom. The average Bonchev–Trinajstić information content (AvgIpc) is 2.81. The molecular weight excluding hydrogens is 262 g/mol. The van der Waals surface area contributed by atoms with Crippen LogP contribution in [-0.2, 0) is 7.05 Å². The van der Waals surface area contributed by atoms with Crippen molar-refractivity contribution in [3.05, 3.63) is 59.3 Å². The van der Waals surface area contributed by atoms with E-state index >= 15 is 0 Å². The van der Waals surface area contributed by atoms with Crippen LogP contribution < -0.4 is 5.32 Å². The van der Waals surface area contributed by atoms with Gasteiger partial charge in [0.15, 0.2) is 0 Å². The van der Waals surface area contributed by atoms with E-state index in [0.717, 1.165) is 27.7 Å². The number of aromatic nitrogens is 2. The van der Waals surface area contributed by atoms with Gasteiger partial charge in [0, 0.05) is 29.9 Å². The molecule has 0 fully saturated rings. The highest BCUT2D eigenvalue weighted by Crippen LogP contribution is 2.19. The lowest BCUT2D eigenvalue weighted by molar-refractivity contribution is 0.102. The fourth-order valence-electron chi connectivity index (χ4n) is 2.35. The van der Waals surface area contributed by atoms with Crippen LogP contribution >= 0.6 is 0 Å². The second kappa shape index (κ2) is 5.05. The van der Waals surface area contributed by atoms with Crippen LogP contribution in [0, 0.1) is 13.8 Å². The fourth-order valence-corrected chi connectivity index (χ4v) is 2.35. The van der Waals surface area contributed by atoms with Gasteiger partial charge in [-0.25, -0.2) is 0 Å². The fraction of sp³-hybridized carbons (Fsp3) is 0.176. The lowest BCUT2D eigenvalue weighted by Crippen LogP contribution is -2.12. The van der Waals surface area contributed by atoms with E-state index in [1.807, 2.05) is 63.5 Å². The van der Waals surface area contributed by atoms with Crippen molar-refractivity contribution in [2.75, 3.05) is 5.32 Å². The van der Waals surface area contributed by atoms with Gasteiger partial charge < -0.3 is 5.32 Å². The molecule has 1 amide bonds. The van der Waals surface area contributed by atoms with E-state index in [2.05, 4.69) is 10.4 Å². The van der Waals surface area contributed by atoms with E-state index in [9.17, 15) is 4.79 Å². The van der Waals surface area contributed by atoms with Crippen LogP contribution in [0.5, 0.6) is 0 Å². The van der Waals surface area contributed by atoms with Crippen LogP contribution in [0.3, 0.4) is 0 Å². The monoisotopic (exact) mass is 279 g/mol. The minimum absolute atomic E-state index is 0.115. The zero-order valence-electron chi connectivity index (χ0n) is 12.3. The summed E-state index contributed by atoms with van der Waals surface area (Å²) in [6.07, 6.45) is 1.93. The molecule has 106 valence electrons. The van der Waals surface area contributed by atoms with Gasteiger partial charge in [-0.3, -0.25) is 9.48 Å². The summed E-state index contributed by atoms with van der Waals surface area (Å²) < 4.78 is 1.75. The highest BCUT2D eigenvalue weighted by Gasteiger charge is 2.10. The molecule has 0 aliphatic heterocycles. The summed E-state index contributed by atoms with van der Waals surface area (Å²) in [7, 11) is 1.87. The molecule has 0 unspecified atom stereocenters. The molecule has 0 radical (unpaired) electrons. The Balaban J connectivity index is 1.91. The van der Waals surface area contributed by atoms with Crippen molar-refractivity contribution in [2.24, 2.45) is 7.05 Å². The van der Waals surface area contributed by atoms with Crippen molar-refractivity contribution in [1.29, 1.82) is 0 Å². The number of aryl methyl sites for hydroxylation is 3. The first-order valence-electron chi connectivity index (χ1n) is 6.85. The van der Waals surface area contributed by atoms with Gasteiger partial charge in [-0.1, -0.05) is 18.2 Å². The maximum atomic E-state index is 12.4. The molecule has 0 saturated carbocycles. The Labute approximate surface area is 123 Å². The normalized spacial score (nSPS) is 10.8. The van der Waals surface area contributed by atoms with Crippen molar-refractivity contribution >= 4 is 22.5 Å². The Morgan fingerprint density at radius 2 is 1.95 bits per heavy atom. The van der Waals surface area contributed by atoms with Crippen LogP contribution in [0.1, 0.15) is 21.5 Å². The Morgan fingerprint density at radius 3 is 2.76 bits per heavy atom. The summed E-state index contributed by atoms with van der Waals surface area (Å²) in [5, 5.41) is 8.33. The molecule has 0 atom stereocenters. The molecular formula is C17H17N3O. The van der Waals surface area contributed by atoms with Crippen LogP contribution in [0.4, 0.5) is 5.69 Å². The highest BCUT2D eigenvalue weighted by molar-refractivity contribution is 6.06. The van der Waals surface area contributed by atoms with E-state index in [-0.39, 0.29) is 5.91 Å². The number of amides is 1. The molecule has 0 bridgehead atoms. The van der Waals surface area contributed by atoms with Crippen molar-refractivity contribution < 1.29 is 4.79 Å². The minimum Gasteiger partial charge on any atom is -0.322 e. The predicted molar refractivity (Wildman–Crippen MR) is 84.6 cm³/mol. The first kappa shape index (κ1) is 13.4. The van der Waals surface area contributed by atoms with Gasteiger partial charge in [0.05, 0.1) is 5.52 Å². The maximum Gasteiger partial charge on any atom is 0.255 e. The topological polar surface area (TPSA) is 46.9 Å².